The standard InChI is InChI=1S/C15H21N5O/c1-11-9-14(20-7-5-3-4-6-8-20)18-15(16-11)17-13-10-12(2)21-19-13/h9-10H,3-8H2,1-2H3,(H,16,17,18,19). The molecule has 3 heterocycles. The van der Waals surface area contributed by atoms with Crippen molar-refractivity contribution in [3.05, 3.63) is 23.6 Å². The molecule has 0 spiro atoms. The third-order valence-corrected chi connectivity index (χ3v) is 3.64. The fourth-order valence-electron chi connectivity index (χ4n) is 2.61. The molecule has 0 saturated carbocycles. The van der Waals surface area contributed by atoms with Gasteiger partial charge in [0, 0.05) is 30.9 Å². The van der Waals surface area contributed by atoms with Gasteiger partial charge in [-0.15, -0.1) is 0 Å². The number of aromatic nitrogens is 3. The third kappa shape index (κ3) is 3.51. The van der Waals surface area contributed by atoms with Crippen LogP contribution in [0.1, 0.15) is 37.1 Å². The first-order chi connectivity index (χ1) is 10.2. The monoisotopic (exact) mass is 287 g/mol. The number of rotatable bonds is 3. The van der Waals surface area contributed by atoms with Crippen LogP contribution in [0.15, 0.2) is 16.7 Å². The van der Waals surface area contributed by atoms with Gasteiger partial charge in [-0.3, -0.25) is 0 Å². The third-order valence-electron chi connectivity index (χ3n) is 3.64. The first kappa shape index (κ1) is 13.9. The van der Waals surface area contributed by atoms with Gasteiger partial charge < -0.3 is 14.7 Å². The smallest absolute Gasteiger partial charge is 0.230 e. The molecule has 2 aromatic rings. The highest BCUT2D eigenvalue weighted by Crippen LogP contribution is 2.21. The quantitative estimate of drug-likeness (QED) is 0.935. The molecule has 0 radical (unpaired) electrons. The average Bonchev–Trinajstić information content (AvgIpc) is 2.71. The zero-order valence-corrected chi connectivity index (χ0v) is 12.6. The lowest BCUT2D eigenvalue weighted by molar-refractivity contribution is 0.400. The van der Waals surface area contributed by atoms with Crippen molar-refractivity contribution in [1.29, 1.82) is 0 Å². The van der Waals surface area contributed by atoms with Crippen LogP contribution in [0.3, 0.4) is 0 Å². The fraction of sp³-hybridized carbons (Fsp3) is 0.533. The van der Waals surface area contributed by atoms with Crippen LogP contribution in [0.4, 0.5) is 17.6 Å². The molecule has 0 aromatic carbocycles. The van der Waals surface area contributed by atoms with E-state index in [0.29, 0.717) is 11.8 Å². The van der Waals surface area contributed by atoms with E-state index in [1.54, 1.807) is 0 Å². The van der Waals surface area contributed by atoms with Gasteiger partial charge in [0.2, 0.25) is 5.95 Å². The summed E-state index contributed by atoms with van der Waals surface area (Å²) in [5, 5.41) is 7.03. The van der Waals surface area contributed by atoms with Crippen LogP contribution < -0.4 is 10.2 Å². The molecule has 0 aliphatic carbocycles. The van der Waals surface area contributed by atoms with Gasteiger partial charge >= 0.3 is 0 Å². The molecule has 0 amide bonds. The van der Waals surface area contributed by atoms with E-state index in [0.717, 1.165) is 30.4 Å². The summed E-state index contributed by atoms with van der Waals surface area (Å²) in [6, 6.07) is 3.88. The Bertz CT molecular complexity index is 602. The lowest BCUT2D eigenvalue weighted by Crippen LogP contribution is -2.25. The number of hydrogen-bond donors (Lipinski definition) is 1. The molecule has 2 aromatic heterocycles. The topological polar surface area (TPSA) is 67.1 Å². The predicted molar refractivity (Wildman–Crippen MR) is 82.0 cm³/mol. The molecule has 6 heteroatoms. The van der Waals surface area contributed by atoms with Gasteiger partial charge in [-0.1, -0.05) is 18.0 Å². The molecule has 6 nitrogen and oxygen atoms in total. The number of nitrogens with zero attached hydrogens (tertiary/aromatic N) is 4. The largest absolute Gasteiger partial charge is 0.360 e. The van der Waals surface area contributed by atoms with E-state index < -0.39 is 0 Å². The van der Waals surface area contributed by atoms with E-state index in [1.165, 1.54) is 25.7 Å². The van der Waals surface area contributed by atoms with Crippen molar-refractivity contribution in [2.45, 2.75) is 39.5 Å². The highest BCUT2D eigenvalue weighted by Gasteiger charge is 2.13. The van der Waals surface area contributed by atoms with Gasteiger partial charge in [0.25, 0.3) is 0 Å². The summed E-state index contributed by atoms with van der Waals surface area (Å²) in [7, 11) is 0. The minimum Gasteiger partial charge on any atom is -0.360 e. The van der Waals surface area contributed by atoms with Gasteiger partial charge in [0.15, 0.2) is 5.82 Å². The fourth-order valence-corrected chi connectivity index (χ4v) is 2.61. The van der Waals surface area contributed by atoms with Gasteiger partial charge in [-0.2, -0.15) is 4.98 Å². The van der Waals surface area contributed by atoms with E-state index >= 15 is 0 Å². The summed E-state index contributed by atoms with van der Waals surface area (Å²) in [6.07, 6.45) is 5.08. The van der Waals surface area contributed by atoms with Crippen LogP contribution in [0.5, 0.6) is 0 Å². The van der Waals surface area contributed by atoms with Gasteiger partial charge in [-0.05, 0) is 26.7 Å². The average molecular weight is 287 g/mol. The molecule has 112 valence electrons. The molecule has 0 atom stereocenters. The van der Waals surface area contributed by atoms with Gasteiger partial charge in [-0.25, -0.2) is 4.98 Å². The van der Waals surface area contributed by atoms with Crippen molar-refractivity contribution in [1.82, 2.24) is 15.1 Å². The summed E-state index contributed by atoms with van der Waals surface area (Å²) in [5.74, 6) is 2.97. The van der Waals surface area contributed by atoms with Crippen LogP contribution in [0.25, 0.3) is 0 Å². The van der Waals surface area contributed by atoms with Crippen molar-refractivity contribution in [3.63, 3.8) is 0 Å². The summed E-state index contributed by atoms with van der Waals surface area (Å²) in [6.45, 7) is 5.98. The van der Waals surface area contributed by atoms with Crippen LogP contribution in [-0.4, -0.2) is 28.2 Å². The van der Waals surface area contributed by atoms with E-state index in [4.69, 9.17) is 4.52 Å². The van der Waals surface area contributed by atoms with Crippen molar-refractivity contribution >= 4 is 17.6 Å². The second kappa shape index (κ2) is 6.11. The number of nitrogens with one attached hydrogen (secondary N) is 1. The zero-order valence-electron chi connectivity index (χ0n) is 12.6. The van der Waals surface area contributed by atoms with E-state index in [9.17, 15) is 0 Å². The van der Waals surface area contributed by atoms with Crippen molar-refractivity contribution in [3.8, 4) is 0 Å². The molecule has 0 bridgehead atoms. The molecule has 21 heavy (non-hydrogen) atoms. The SMILES string of the molecule is Cc1cc(N2CCCCCC2)nc(Nc2cc(C)on2)n1. The Hall–Kier alpha value is -2.11. The van der Waals surface area contributed by atoms with E-state index in [-0.39, 0.29) is 0 Å². The zero-order chi connectivity index (χ0) is 14.7. The first-order valence-corrected chi connectivity index (χ1v) is 7.52. The molecule has 3 rings (SSSR count). The number of anilines is 3. The minimum atomic E-state index is 0.572. The molecular weight excluding hydrogens is 266 g/mol. The van der Waals surface area contributed by atoms with Gasteiger partial charge in [0.1, 0.15) is 11.6 Å². The summed E-state index contributed by atoms with van der Waals surface area (Å²) >= 11 is 0. The van der Waals surface area contributed by atoms with E-state index in [2.05, 4.69) is 25.3 Å². The maximum absolute atomic E-state index is 5.05. The summed E-state index contributed by atoms with van der Waals surface area (Å²) in [5.41, 5.74) is 0.951. The van der Waals surface area contributed by atoms with Crippen molar-refractivity contribution in [2.75, 3.05) is 23.3 Å². The Labute approximate surface area is 124 Å². The van der Waals surface area contributed by atoms with Crippen LogP contribution in [0, 0.1) is 13.8 Å². The normalized spacial score (nSPS) is 15.8. The number of aryl methyl sites for hydroxylation is 2. The molecule has 1 N–H and O–H groups in total. The highest BCUT2D eigenvalue weighted by molar-refractivity contribution is 5.51. The Morgan fingerprint density at radius 3 is 2.48 bits per heavy atom. The molecule has 1 fully saturated rings. The van der Waals surface area contributed by atoms with Crippen LogP contribution >= 0.6 is 0 Å². The minimum absolute atomic E-state index is 0.572. The maximum Gasteiger partial charge on any atom is 0.230 e. The lowest BCUT2D eigenvalue weighted by atomic mass is 10.2. The summed E-state index contributed by atoms with van der Waals surface area (Å²) < 4.78 is 5.05. The van der Waals surface area contributed by atoms with Gasteiger partial charge in [0.05, 0.1) is 0 Å². The van der Waals surface area contributed by atoms with Crippen molar-refractivity contribution < 1.29 is 4.52 Å². The first-order valence-electron chi connectivity index (χ1n) is 7.52. The van der Waals surface area contributed by atoms with Crippen LogP contribution in [-0.2, 0) is 0 Å². The van der Waals surface area contributed by atoms with Crippen LogP contribution in [0.2, 0.25) is 0 Å². The maximum atomic E-state index is 5.05. The molecule has 1 aliphatic heterocycles. The molecular formula is C15H21N5O. The molecule has 1 saturated heterocycles. The Morgan fingerprint density at radius 2 is 1.81 bits per heavy atom. The summed E-state index contributed by atoms with van der Waals surface area (Å²) in [4.78, 5) is 11.4. The number of hydrogen-bond acceptors (Lipinski definition) is 6. The predicted octanol–water partition coefficient (Wildman–Crippen LogP) is 3.21. The second-order valence-corrected chi connectivity index (χ2v) is 5.54. The second-order valence-electron chi connectivity index (χ2n) is 5.54. The Morgan fingerprint density at radius 1 is 1.05 bits per heavy atom. The Kier molecular flexibility index (Phi) is 4.03. The molecule has 0 unspecified atom stereocenters. The Balaban J connectivity index is 1.81. The molecule has 1 aliphatic rings. The van der Waals surface area contributed by atoms with E-state index in [1.807, 2.05) is 26.0 Å². The van der Waals surface area contributed by atoms with Crippen molar-refractivity contribution in [2.24, 2.45) is 0 Å². The highest BCUT2D eigenvalue weighted by atomic mass is 16.5. The lowest BCUT2D eigenvalue weighted by Gasteiger charge is -2.22.